The van der Waals surface area contributed by atoms with Crippen LogP contribution in [0.4, 0.5) is 0 Å². The SMILES string of the molecule is Cn1cncc1-c1c(C(=O)O)nnn1CC1CCOC1. The number of carbonyl (C=O) groups is 1. The van der Waals surface area contributed by atoms with Gasteiger partial charge in [0.1, 0.15) is 5.69 Å². The quantitative estimate of drug-likeness (QED) is 0.870. The van der Waals surface area contributed by atoms with Gasteiger partial charge in [0, 0.05) is 26.1 Å². The van der Waals surface area contributed by atoms with E-state index in [2.05, 4.69) is 15.3 Å². The molecule has 8 nitrogen and oxygen atoms in total. The van der Waals surface area contributed by atoms with Crippen molar-refractivity contribution in [3.63, 3.8) is 0 Å². The average Bonchev–Trinajstić information content (AvgIpc) is 3.10. The first-order valence-electron chi connectivity index (χ1n) is 6.38. The van der Waals surface area contributed by atoms with Crippen LogP contribution in [0.1, 0.15) is 16.9 Å². The molecule has 8 heteroatoms. The molecule has 0 spiro atoms. The second-order valence-corrected chi connectivity index (χ2v) is 4.89. The van der Waals surface area contributed by atoms with Crippen LogP contribution in [0.15, 0.2) is 12.5 Å². The number of aromatic nitrogens is 5. The van der Waals surface area contributed by atoms with Crippen LogP contribution < -0.4 is 0 Å². The van der Waals surface area contributed by atoms with Crippen molar-refractivity contribution >= 4 is 5.97 Å². The fourth-order valence-electron chi connectivity index (χ4n) is 2.40. The van der Waals surface area contributed by atoms with Crippen LogP contribution in [-0.4, -0.2) is 48.8 Å². The van der Waals surface area contributed by atoms with Crippen molar-refractivity contribution in [2.24, 2.45) is 13.0 Å². The lowest BCUT2D eigenvalue weighted by molar-refractivity contribution is 0.0691. The molecule has 3 rings (SSSR count). The minimum Gasteiger partial charge on any atom is -0.476 e. The number of hydrogen-bond donors (Lipinski definition) is 1. The Bertz CT molecular complexity index is 627. The van der Waals surface area contributed by atoms with Gasteiger partial charge >= 0.3 is 5.97 Å². The number of aryl methyl sites for hydroxylation is 1. The standard InChI is InChI=1S/C12H15N5O3/c1-16-7-13-4-9(16)11-10(12(18)19)14-15-17(11)5-8-2-3-20-6-8/h4,7-8H,2-3,5-6H2,1H3,(H,18,19). The molecule has 1 aliphatic rings. The lowest BCUT2D eigenvalue weighted by Crippen LogP contribution is -2.14. The van der Waals surface area contributed by atoms with Gasteiger partial charge in [-0.1, -0.05) is 5.21 Å². The van der Waals surface area contributed by atoms with Gasteiger partial charge in [0.25, 0.3) is 0 Å². The maximum Gasteiger partial charge on any atom is 0.358 e. The van der Waals surface area contributed by atoms with E-state index in [1.54, 1.807) is 21.8 Å². The highest BCUT2D eigenvalue weighted by Crippen LogP contribution is 2.24. The van der Waals surface area contributed by atoms with E-state index in [-0.39, 0.29) is 5.69 Å². The summed E-state index contributed by atoms with van der Waals surface area (Å²) in [6.07, 6.45) is 4.19. The minimum atomic E-state index is -1.09. The maximum atomic E-state index is 11.3. The molecule has 0 aliphatic carbocycles. The smallest absolute Gasteiger partial charge is 0.358 e. The predicted molar refractivity (Wildman–Crippen MR) is 68.1 cm³/mol. The molecule has 0 saturated carbocycles. The van der Waals surface area contributed by atoms with E-state index in [9.17, 15) is 9.90 Å². The van der Waals surface area contributed by atoms with Gasteiger partial charge in [-0.3, -0.25) is 0 Å². The van der Waals surface area contributed by atoms with Crippen LogP contribution in [0.5, 0.6) is 0 Å². The molecular weight excluding hydrogens is 262 g/mol. The van der Waals surface area contributed by atoms with Gasteiger partial charge in [-0.15, -0.1) is 5.10 Å². The Morgan fingerprint density at radius 3 is 3.05 bits per heavy atom. The highest BCUT2D eigenvalue weighted by atomic mass is 16.5. The summed E-state index contributed by atoms with van der Waals surface area (Å²) in [6, 6.07) is 0. The maximum absolute atomic E-state index is 11.3. The normalized spacial score (nSPS) is 18.6. The van der Waals surface area contributed by atoms with Gasteiger partial charge in [-0.25, -0.2) is 14.5 Å². The third-order valence-corrected chi connectivity index (χ3v) is 3.45. The number of carboxylic acids is 1. The number of carboxylic acid groups (broad SMARTS) is 1. The molecule has 0 bridgehead atoms. The number of aromatic carboxylic acids is 1. The van der Waals surface area contributed by atoms with Crippen LogP contribution in [0.25, 0.3) is 11.4 Å². The molecule has 1 N–H and O–H groups in total. The predicted octanol–water partition coefficient (Wildman–Crippen LogP) is 0.413. The van der Waals surface area contributed by atoms with E-state index in [1.165, 1.54) is 0 Å². The average molecular weight is 277 g/mol. The lowest BCUT2D eigenvalue weighted by Gasteiger charge is -2.11. The van der Waals surface area contributed by atoms with Crippen molar-refractivity contribution in [2.75, 3.05) is 13.2 Å². The topological polar surface area (TPSA) is 95.1 Å². The Kier molecular flexibility index (Phi) is 3.23. The number of nitrogens with zero attached hydrogens (tertiary/aromatic N) is 5. The van der Waals surface area contributed by atoms with E-state index in [0.717, 1.165) is 13.0 Å². The van der Waals surface area contributed by atoms with Crippen LogP contribution in [-0.2, 0) is 18.3 Å². The molecule has 1 atom stereocenters. The summed E-state index contributed by atoms with van der Waals surface area (Å²) in [5.41, 5.74) is 1.13. The molecule has 2 aromatic rings. The number of ether oxygens (including phenoxy) is 1. The molecule has 1 unspecified atom stereocenters. The zero-order chi connectivity index (χ0) is 14.1. The second-order valence-electron chi connectivity index (χ2n) is 4.89. The van der Waals surface area contributed by atoms with Crippen molar-refractivity contribution in [3.05, 3.63) is 18.2 Å². The molecule has 0 aromatic carbocycles. The molecular formula is C12H15N5O3. The molecule has 1 fully saturated rings. The first-order chi connectivity index (χ1) is 9.66. The van der Waals surface area contributed by atoms with Gasteiger partial charge < -0.3 is 14.4 Å². The van der Waals surface area contributed by atoms with E-state index in [1.807, 2.05) is 7.05 Å². The molecule has 106 valence electrons. The summed E-state index contributed by atoms with van der Waals surface area (Å²) in [7, 11) is 1.81. The Morgan fingerprint density at radius 2 is 2.45 bits per heavy atom. The van der Waals surface area contributed by atoms with Crippen LogP contribution >= 0.6 is 0 Å². The zero-order valence-electron chi connectivity index (χ0n) is 11.1. The summed E-state index contributed by atoms with van der Waals surface area (Å²) in [5.74, 6) is -0.750. The third kappa shape index (κ3) is 2.18. The first kappa shape index (κ1) is 12.8. The minimum absolute atomic E-state index is 0.0486. The monoisotopic (exact) mass is 277 g/mol. The number of imidazole rings is 1. The Morgan fingerprint density at radius 1 is 1.60 bits per heavy atom. The molecule has 0 amide bonds. The number of hydrogen-bond acceptors (Lipinski definition) is 5. The first-order valence-corrected chi connectivity index (χ1v) is 6.38. The fraction of sp³-hybridized carbons (Fsp3) is 0.500. The second kappa shape index (κ2) is 5.04. The van der Waals surface area contributed by atoms with Crippen molar-refractivity contribution in [2.45, 2.75) is 13.0 Å². The fourth-order valence-corrected chi connectivity index (χ4v) is 2.40. The van der Waals surface area contributed by atoms with Crippen molar-refractivity contribution in [1.82, 2.24) is 24.5 Å². The zero-order valence-corrected chi connectivity index (χ0v) is 11.1. The molecule has 1 saturated heterocycles. The van der Waals surface area contributed by atoms with Gasteiger partial charge in [-0.05, 0) is 6.42 Å². The Hall–Kier alpha value is -2.22. The summed E-state index contributed by atoms with van der Waals surface area (Å²) >= 11 is 0. The van der Waals surface area contributed by atoms with Gasteiger partial charge in [0.05, 0.1) is 24.8 Å². The third-order valence-electron chi connectivity index (χ3n) is 3.45. The van der Waals surface area contributed by atoms with E-state index in [0.29, 0.717) is 30.5 Å². The molecule has 1 aliphatic heterocycles. The molecule has 0 radical (unpaired) electrons. The number of rotatable bonds is 4. The molecule has 2 aromatic heterocycles. The Labute approximate surface area is 115 Å². The van der Waals surface area contributed by atoms with Gasteiger partial charge in [0.15, 0.2) is 5.69 Å². The summed E-state index contributed by atoms with van der Waals surface area (Å²) < 4.78 is 8.74. The van der Waals surface area contributed by atoms with E-state index in [4.69, 9.17) is 4.74 Å². The summed E-state index contributed by atoms with van der Waals surface area (Å²) in [4.78, 5) is 15.3. The molecule has 20 heavy (non-hydrogen) atoms. The van der Waals surface area contributed by atoms with Gasteiger partial charge in [-0.2, -0.15) is 0 Å². The summed E-state index contributed by atoms with van der Waals surface area (Å²) in [5, 5.41) is 17.0. The van der Waals surface area contributed by atoms with E-state index >= 15 is 0 Å². The van der Waals surface area contributed by atoms with Crippen molar-refractivity contribution in [3.8, 4) is 11.4 Å². The largest absolute Gasteiger partial charge is 0.476 e. The van der Waals surface area contributed by atoms with E-state index < -0.39 is 5.97 Å². The lowest BCUT2D eigenvalue weighted by atomic mass is 10.1. The van der Waals surface area contributed by atoms with Crippen LogP contribution in [0, 0.1) is 5.92 Å². The van der Waals surface area contributed by atoms with Crippen LogP contribution in [0.2, 0.25) is 0 Å². The summed E-state index contributed by atoms with van der Waals surface area (Å²) in [6.45, 7) is 2.01. The molecule has 3 heterocycles. The van der Waals surface area contributed by atoms with Crippen LogP contribution in [0.3, 0.4) is 0 Å². The van der Waals surface area contributed by atoms with Crippen molar-refractivity contribution < 1.29 is 14.6 Å². The van der Waals surface area contributed by atoms with Gasteiger partial charge in [0.2, 0.25) is 0 Å². The highest BCUT2D eigenvalue weighted by Gasteiger charge is 2.25. The Balaban J connectivity index is 2.01. The highest BCUT2D eigenvalue weighted by molar-refractivity contribution is 5.92. The van der Waals surface area contributed by atoms with Crippen molar-refractivity contribution in [1.29, 1.82) is 0 Å².